The van der Waals surface area contributed by atoms with E-state index in [4.69, 9.17) is 4.74 Å². The van der Waals surface area contributed by atoms with Crippen LogP contribution in [0.15, 0.2) is 48.5 Å². The Labute approximate surface area is 156 Å². The Bertz CT molecular complexity index is 1090. The van der Waals surface area contributed by atoms with Crippen LogP contribution in [0.5, 0.6) is 0 Å². The van der Waals surface area contributed by atoms with Crippen LogP contribution in [0.25, 0.3) is 11.1 Å². The molecule has 3 aromatic rings. The smallest absolute Gasteiger partial charge is 0.355 e. The molecule has 5 heteroatoms. The van der Waals surface area contributed by atoms with Gasteiger partial charge in [0.15, 0.2) is 5.78 Å². The molecule has 4 rings (SSSR count). The van der Waals surface area contributed by atoms with Crippen LogP contribution < -0.4 is 0 Å². The maximum Gasteiger partial charge on any atom is 0.355 e. The second-order valence-corrected chi connectivity index (χ2v) is 6.42. The zero-order chi connectivity index (χ0) is 19.1. The molecule has 134 valence electrons. The minimum absolute atomic E-state index is 0.125. The van der Waals surface area contributed by atoms with Gasteiger partial charge in [0, 0.05) is 16.7 Å². The molecule has 0 bridgehead atoms. The van der Waals surface area contributed by atoms with E-state index in [0.717, 1.165) is 5.56 Å². The van der Waals surface area contributed by atoms with Crippen molar-refractivity contribution in [3.8, 4) is 11.1 Å². The molecule has 2 aromatic carbocycles. The van der Waals surface area contributed by atoms with Crippen molar-refractivity contribution in [3.05, 3.63) is 82.2 Å². The normalized spacial score (nSPS) is 12.5. The molecular weight excluding hydrogens is 342 g/mol. The SMILES string of the molecule is CCOC(=O)c1[nH]c2c(c1-c1ccc(C)cc1)C(=O)c1ccccc1C2=O. The van der Waals surface area contributed by atoms with Gasteiger partial charge in [-0.05, 0) is 19.4 Å². The van der Waals surface area contributed by atoms with Crippen molar-refractivity contribution >= 4 is 17.5 Å². The van der Waals surface area contributed by atoms with Gasteiger partial charge in [0.2, 0.25) is 5.78 Å². The number of carbonyl (C=O) groups is 3. The molecule has 0 atom stereocenters. The molecule has 0 spiro atoms. The van der Waals surface area contributed by atoms with Crippen molar-refractivity contribution in [2.75, 3.05) is 6.61 Å². The van der Waals surface area contributed by atoms with Crippen LogP contribution in [0.2, 0.25) is 0 Å². The molecular formula is C22H17NO4. The lowest BCUT2D eigenvalue weighted by Gasteiger charge is -2.15. The van der Waals surface area contributed by atoms with E-state index in [0.29, 0.717) is 22.3 Å². The largest absolute Gasteiger partial charge is 0.461 e. The molecule has 1 N–H and O–H groups in total. The van der Waals surface area contributed by atoms with Crippen molar-refractivity contribution < 1.29 is 19.1 Å². The van der Waals surface area contributed by atoms with E-state index < -0.39 is 5.97 Å². The number of hydrogen-bond acceptors (Lipinski definition) is 4. The van der Waals surface area contributed by atoms with Gasteiger partial charge in [-0.15, -0.1) is 0 Å². The first-order valence-corrected chi connectivity index (χ1v) is 8.71. The third kappa shape index (κ3) is 2.59. The minimum atomic E-state index is -0.591. The maximum absolute atomic E-state index is 13.2. The van der Waals surface area contributed by atoms with Gasteiger partial charge in [-0.3, -0.25) is 9.59 Å². The molecule has 1 heterocycles. The molecule has 0 saturated heterocycles. The Balaban J connectivity index is 2.01. The Morgan fingerprint density at radius 2 is 1.56 bits per heavy atom. The number of ketones is 2. The number of fused-ring (bicyclic) bond motifs is 2. The van der Waals surface area contributed by atoms with Crippen molar-refractivity contribution in [3.63, 3.8) is 0 Å². The van der Waals surface area contributed by atoms with E-state index >= 15 is 0 Å². The van der Waals surface area contributed by atoms with E-state index in [-0.39, 0.29) is 35.1 Å². The van der Waals surface area contributed by atoms with Crippen molar-refractivity contribution in [1.29, 1.82) is 0 Å². The van der Waals surface area contributed by atoms with Crippen LogP contribution in [-0.2, 0) is 4.74 Å². The third-order valence-corrected chi connectivity index (χ3v) is 4.69. The summed E-state index contributed by atoms with van der Waals surface area (Å²) < 4.78 is 5.15. The summed E-state index contributed by atoms with van der Waals surface area (Å²) in [6, 6.07) is 14.1. The Morgan fingerprint density at radius 3 is 2.19 bits per heavy atom. The third-order valence-electron chi connectivity index (χ3n) is 4.69. The summed E-state index contributed by atoms with van der Waals surface area (Å²) in [6.07, 6.45) is 0. The Hall–Kier alpha value is -3.47. The van der Waals surface area contributed by atoms with Crippen LogP contribution in [0, 0.1) is 6.92 Å². The van der Waals surface area contributed by atoms with E-state index in [1.165, 1.54) is 0 Å². The van der Waals surface area contributed by atoms with Crippen LogP contribution in [0.3, 0.4) is 0 Å². The molecule has 0 amide bonds. The lowest BCUT2D eigenvalue weighted by atomic mass is 9.84. The summed E-state index contributed by atoms with van der Waals surface area (Å²) in [5.41, 5.74) is 3.31. The van der Waals surface area contributed by atoms with Gasteiger partial charge >= 0.3 is 5.97 Å². The van der Waals surface area contributed by atoms with Crippen LogP contribution in [0.1, 0.15) is 54.9 Å². The van der Waals surface area contributed by atoms with Crippen LogP contribution in [0.4, 0.5) is 0 Å². The molecule has 0 aliphatic heterocycles. The number of H-pyrrole nitrogens is 1. The van der Waals surface area contributed by atoms with Gasteiger partial charge in [0.25, 0.3) is 0 Å². The number of benzene rings is 2. The fourth-order valence-corrected chi connectivity index (χ4v) is 3.41. The van der Waals surface area contributed by atoms with Gasteiger partial charge in [-0.25, -0.2) is 4.79 Å². The highest BCUT2D eigenvalue weighted by Gasteiger charge is 2.37. The molecule has 27 heavy (non-hydrogen) atoms. The van der Waals surface area contributed by atoms with Crippen LogP contribution >= 0.6 is 0 Å². The average Bonchev–Trinajstić information content (AvgIpc) is 3.08. The maximum atomic E-state index is 13.2. The molecule has 0 unspecified atom stereocenters. The number of aryl methyl sites for hydroxylation is 1. The minimum Gasteiger partial charge on any atom is -0.461 e. The van der Waals surface area contributed by atoms with Crippen molar-refractivity contribution in [2.45, 2.75) is 13.8 Å². The Morgan fingerprint density at radius 1 is 0.926 bits per heavy atom. The number of ether oxygens (including phenoxy) is 1. The molecule has 0 radical (unpaired) electrons. The first kappa shape index (κ1) is 17.0. The zero-order valence-electron chi connectivity index (χ0n) is 15.0. The predicted octanol–water partition coefficient (Wildman–Crippen LogP) is 3.94. The van der Waals surface area contributed by atoms with E-state index in [1.54, 1.807) is 31.2 Å². The second-order valence-electron chi connectivity index (χ2n) is 6.42. The molecule has 0 saturated carbocycles. The number of esters is 1. The lowest BCUT2D eigenvalue weighted by molar-refractivity contribution is 0.0521. The summed E-state index contributed by atoms with van der Waals surface area (Å²) >= 11 is 0. The highest BCUT2D eigenvalue weighted by atomic mass is 16.5. The van der Waals surface area contributed by atoms with Gasteiger partial charge in [-0.1, -0.05) is 54.1 Å². The second kappa shape index (κ2) is 6.36. The molecule has 1 aliphatic carbocycles. The number of hydrogen-bond donors (Lipinski definition) is 1. The molecule has 1 aliphatic rings. The highest BCUT2D eigenvalue weighted by Crippen LogP contribution is 2.37. The van der Waals surface area contributed by atoms with Gasteiger partial charge in [0.05, 0.1) is 17.9 Å². The standard InChI is InChI=1S/C22H17NO4/c1-3-27-22(26)19-16(13-10-8-12(2)9-11-13)17-18(23-19)21(25)15-7-5-4-6-14(15)20(17)24/h4-11,23H,3H2,1-2H3. The number of aromatic nitrogens is 1. The number of aromatic amines is 1. The summed E-state index contributed by atoms with van der Waals surface area (Å²) in [6.45, 7) is 3.85. The van der Waals surface area contributed by atoms with E-state index in [2.05, 4.69) is 4.98 Å². The zero-order valence-corrected chi connectivity index (χ0v) is 15.0. The topological polar surface area (TPSA) is 76.2 Å². The predicted molar refractivity (Wildman–Crippen MR) is 100 cm³/mol. The van der Waals surface area contributed by atoms with Crippen molar-refractivity contribution in [2.24, 2.45) is 0 Å². The molecule has 1 aromatic heterocycles. The quantitative estimate of drug-likeness (QED) is 0.562. The first-order chi connectivity index (χ1) is 13.0. The van der Waals surface area contributed by atoms with Gasteiger partial charge in [0.1, 0.15) is 5.69 Å². The monoisotopic (exact) mass is 359 g/mol. The lowest BCUT2D eigenvalue weighted by Crippen LogP contribution is -2.20. The van der Waals surface area contributed by atoms with E-state index in [1.807, 2.05) is 31.2 Å². The molecule has 5 nitrogen and oxygen atoms in total. The fraction of sp³-hybridized carbons (Fsp3) is 0.136. The summed E-state index contributed by atoms with van der Waals surface area (Å²) in [7, 11) is 0. The summed E-state index contributed by atoms with van der Waals surface area (Å²) in [5, 5.41) is 0. The number of nitrogens with one attached hydrogen (secondary N) is 1. The number of carbonyl (C=O) groups excluding carboxylic acids is 3. The van der Waals surface area contributed by atoms with Gasteiger partial charge < -0.3 is 9.72 Å². The van der Waals surface area contributed by atoms with Crippen LogP contribution in [-0.4, -0.2) is 29.1 Å². The first-order valence-electron chi connectivity index (χ1n) is 8.71. The summed E-state index contributed by atoms with van der Waals surface area (Å²) in [5.74, 6) is -1.17. The summed E-state index contributed by atoms with van der Waals surface area (Å²) in [4.78, 5) is 41.5. The number of rotatable bonds is 3. The highest BCUT2D eigenvalue weighted by molar-refractivity contribution is 6.31. The van der Waals surface area contributed by atoms with Crippen molar-refractivity contribution in [1.82, 2.24) is 4.98 Å². The van der Waals surface area contributed by atoms with E-state index in [9.17, 15) is 14.4 Å². The van der Waals surface area contributed by atoms with Gasteiger partial charge in [-0.2, -0.15) is 0 Å². The Kier molecular flexibility index (Phi) is 4.00. The molecule has 0 fully saturated rings. The fourth-order valence-electron chi connectivity index (χ4n) is 3.41. The average molecular weight is 359 g/mol.